The number of aliphatic carboxylic acids is 1. The number of ether oxygens (including phenoxy) is 1. The first-order valence-corrected chi connectivity index (χ1v) is 8.04. The summed E-state index contributed by atoms with van der Waals surface area (Å²) in [5, 5.41) is 14.8. The molecule has 126 valence electrons. The summed E-state index contributed by atoms with van der Waals surface area (Å²) in [6.45, 7) is 6.05. The minimum atomic E-state index is -0.804. The highest BCUT2D eigenvalue weighted by atomic mass is 16.5. The number of hydrogen-bond acceptors (Lipinski definition) is 4. The number of amides is 2. The molecule has 0 aromatic heterocycles. The number of likely N-dealkylation sites (N-methyl/N-ethyl adjacent to an activating group) is 1. The summed E-state index contributed by atoms with van der Waals surface area (Å²) in [6, 6.07) is 0.221. The molecule has 7 nitrogen and oxygen atoms in total. The minimum absolute atomic E-state index is 0.0650. The van der Waals surface area contributed by atoms with Gasteiger partial charge in [-0.05, 0) is 39.2 Å². The molecule has 1 aliphatic heterocycles. The highest BCUT2D eigenvalue weighted by molar-refractivity contribution is 5.75. The summed E-state index contributed by atoms with van der Waals surface area (Å²) in [6.07, 6.45) is 3.50. The molecule has 0 radical (unpaired) electrons. The molecule has 0 bridgehead atoms. The second-order valence-corrected chi connectivity index (χ2v) is 6.59. The third kappa shape index (κ3) is 4.58. The molecule has 2 amide bonds. The van der Waals surface area contributed by atoms with Gasteiger partial charge < -0.3 is 20.5 Å². The van der Waals surface area contributed by atoms with E-state index in [1.165, 1.54) is 0 Å². The van der Waals surface area contributed by atoms with E-state index in [0.29, 0.717) is 13.2 Å². The summed E-state index contributed by atoms with van der Waals surface area (Å²) in [5.74, 6) is -0.804. The SMILES string of the molecule is CCN(CC(=O)O)C1CC(NC(=O)NC2(C)CCCOC2)C1. The lowest BCUT2D eigenvalue weighted by atomic mass is 9.85. The second kappa shape index (κ2) is 7.28. The normalized spacial score (nSPS) is 31.4. The van der Waals surface area contributed by atoms with Gasteiger partial charge in [0.25, 0.3) is 0 Å². The molecule has 1 saturated carbocycles. The smallest absolute Gasteiger partial charge is 0.317 e. The number of carbonyl (C=O) groups is 2. The van der Waals surface area contributed by atoms with Gasteiger partial charge in [0.05, 0.1) is 18.7 Å². The van der Waals surface area contributed by atoms with Crippen LogP contribution in [-0.4, -0.2) is 65.9 Å². The predicted molar refractivity (Wildman–Crippen MR) is 81.8 cm³/mol. The Bertz CT molecular complexity index is 404. The van der Waals surface area contributed by atoms with Crippen LogP contribution in [0.5, 0.6) is 0 Å². The first kappa shape index (κ1) is 17.0. The van der Waals surface area contributed by atoms with Gasteiger partial charge in [0, 0.05) is 18.7 Å². The van der Waals surface area contributed by atoms with E-state index in [1.807, 2.05) is 18.7 Å². The van der Waals surface area contributed by atoms with Crippen LogP contribution in [-0.2, 0) is 9.53 Å². The Labute approximate surface area is 131 Å². The molecular formula is C15H27N3O4. The van der Waals surface area contributed by atoms with Crippen molar-refractivity contribution in [1.29, 1.82) is 0 Å². The molecule has 2 fully saturated rings. The van der Waals surface area contributed by atoms with E-state index >= 15 is 0 Å². The Morgan fingerprint density at radius 3 is 2.68 bits per heavy atom. The number of nitrogens with one attached hydrogen (secondary N) is 2. The Morgan fingerprint density at radius 2 is 2.14 bits per heavy atom. The van der Waals surface area contributed by atoms with Crippen molar-refractivity contribution < 1.29 is 19.4 Å². The number of urea groups is 1. The zero-order valence-electron chi connectivity index (χ0n) is 13.4. The summed E-state index contributed by atoms with van der Waals surface area (Å²) >= 11 is 0. The summed E-state index contributed by atoms with van der Waals surface area (Å²) < 4.78 is 5.43. The maximum Gasteiger partial charge on any atom is 0.317 e. The number of carboxylic acid groups (broad SMARTS) is 1. The van der Waals surface area contributed by atoms with Gasteiger partial charge in [-0.15, -0.1) is 0 Å². The monoisotopic (exact) mass is 313 g/mol. The lowest BCUT2D eigenvalue weighted by molar-refractivity contribution is -0.139. The number of nitrogens with zero attached hydrogens (tertiary/aromatic N) is 1. The average Bonchev–Trinajstić information content (AvgIpc) is 2.40. The van der Waals surface area contributed by atoms with Crippen LogP contribution in [0.4, 0.5) is 4.79 Å². The van der Waals surface area contributed by atoms with Gasteiger partial charge >= 0.3 is 12.0 Å². The van der Waals surface area contributed by atoms with Crippen molar-refractivity contribution in [2.45, 2.75) is 57.2 Å². The van der Waals surface area contributed by atoms with Gasteiger partial charge in [0.2, 0.25) is 0 Å². The topological polar surface area (TPSA) is 90.9 Å². The van der Waals surface area contributed by atoms with Crippen LogP contribution in [0.2, 0.25) is 0 Å². The van der Waals surface area contributed by atoms with E-state index in [9.17, 15) is 9.59 Å². The van der Waals surface area contributed by atoms with Crippen molar-refractivity contribution >= 4 is 12.0 Å². The van der Waals surface area contributed by atoms with Crippen LogP contribution in [0, 0.1) is 0 Å². The third-order valence-corrected chi connectivity index (χ3v) is 4.56. The molecule has 22 heavy (non-hydrogen) atoms. The summed E-state index contributed by atoms with van der Waals surface area (Å²) in [4.78, 5) is 24.8. The molecule has 2 aliphatic rings. The zero-order valence-corrected chi connectivity index (χ0v) is 13.4. The lowest BCUT2D eigenvalue weighted by Gasteiger charge is -2.43. The fourth-order valence-corrected chi connectivity index (χ4v) is 3.20. The molecule has 1 aliphatic carbocycles. The van der Waals surface area contributed by atoms with Crippen LogP contribution in [0.15, 0.2) is 0 Å². The standard InChI is InChI=1S/C15H27N3O4/c1-3-18(9-13(19)20)12-7-11(8-12)16-14(21)17-15(2)5-4-6-22-10-15/h11-12H,3-10H2,1-2H3,(H,19,20)(H2,16,17,21). The van der Waals surface area contributed by atoms with Crippen LogP contribution in [0.3, 0.4) is 0 Å². The molecule has 2 rings (SSSR count). The maximum absolute atomic E-state index is 12.1. The number of carbonyl (C=O) groups excluding carboxylic acids is 1. The molecule has 0 aromatic rings. The van der Waals surface area contributed by atoms with Gasteiger partial charge in [-0.25, -0.2) is 4.79 Å². The zero-order chi connectivity index (χ0) is 16.2. The minimum Gasteiger partial charge on any atom is -0.480 e. The van der Waals surface area contributed by atoms with Gasteiger partial charge in [0.15, 0.2) is 0 Å². The molecule has 0 aromatic carbocycles. The van der Waals surface area contributed by atoms with Crippen molar-refractivity contribution in [3.8, 4) is 0 Å². The van der Waals surface area contributed by atoms with Gasteiger partial charge in [-0.2, -0.15) is 0 Å². The van der Waals surface area contributed by atoms with E-state index in [1.54, 1.807) is 0 Å². The largest absolute Gasteiger partial charge is 0.480 e. The molecule has 1 atom stereocenters. The van der Waals surface area contributed by atoms with E-state index in [-0.39, 0.29) is 30.2 Å². The van der Waals surface area contributed by atoms with Crippen LogP contribution >= 0.6 is 0 Å². The molecular weight excluding hydrogens is 286 g/mol. The average molecular weight is 313 g/mol. The molecule has 1 heterocycles. The summed E-state index contributed by atoms with van der Waals surface area (Å²) in [7, 11) is 0. The number of rotatable bonds is 6. The number of carboxylic acids is 1. The fraction of sp³-hybridized carbons (Fsp3) is 0.867. The van der Waals surface area contributed by atoms with E-state index in [0.717, 1.165) is 32.3 Å². The van der Waals surface area contributed by atoms with E-state index < -0.39 is 5.97 Å². The maximum atomic E-state index is 12.1. The molecule has 1 saturated heterocycles. The Hall–Kier alpha value is -1.34. The third-order valence-electron chi connectivity index (χ3n) is 4.56. The van der Waals surface area contributed by atoms with Crippen molar-refractivity contribution in [2.24, 2.45) is 0 Å². The van der Waals surface area contributed by atoms with Crippen molar-refractivity contribution in [1.82, 2.24) is 15.5 Å². The quantitative estimate of drug-likeness (QED) is 0.674. The second-order valence-electron chi connectivity index (χ2n) is 6.59. The van der Waals surface area contributed by atoms with Crippen LogP contribution < -0.4 is 10.6 Å². The van der Waals surface area contributed by atoms with Crippen molar-refractivity contribution in [3.63, 3.8) is 0 Å². The van der Waals surface area contributed by atoms with Crippen LogP contribution in [0.1, 0.15) is 39.5 Å². The fourth-order valence-electron chi connectivity index (χ4n) is 3.20. The Kier molecular flexibility index (Phi) is 5.63. The van der Waals surface area contributed by atoms with Gasteiger partial charge in [-0.3, -0.25) is 9.69 Å². The van der Waals surface area contributed by atoms with Crippen molar-refractivity contribution in [2.75, 3.05) is 26.3 Å². The van der Waals surface area contributed by atoms with E-state index in [2.05, 4.69) is 10.6 Å². The first-order chi connectivity index (χ1) is 10.4. The first-order valence-electron chi connectivity index (χ1n) is 8.04. The highest BCUT2D eigenvalue weighted by Gasteiger charge is 2.36. The Morgan fingerprint density at radius 1 is 1.41 bits per heavy atom. The van der Waals surface area contributed by atoms with Crippen LogP contribution in [0.25, 0.3) is 0 Å². The summed E-state index contributed by atoms with van der Waals surface area (Å²) in [5.41, 5.74) is -0.287. The van der Waals surface area contributed by atoms with E-state index in [4.69, 9.17) is 9.84 Å². The van der Waals surface area contributed by atoms with Gasteiger partial charge in [0.1, 0.15) is 0 Å². The molecule has 7 heteroatoms. The Balaban J connectivity index is 1.70. The lowest BCUT2D eigenvalue weighted by Crippen LogP contribution is -2.60. The predicted octanol–water partition coefficient (Wildman–Crippen LogP) is 0.792. The number of hydrogen-bond donors (Lipinski definition) is 3. The molecule has 1 unspecified atom stereocenters. The van der Waals surface area contributed by atoms with Gasteiger partial charge in [-0.1, -0.05) is 6.92 Å². The molecule has 0 spiro atoms. The highest BCUT2D eigenvalue weighted by Crippen LogP contribution is 2.26. The van der Waals surface area contributed by atoms with Crippen molar-refractivity contribution in [3.05, 3.63) is 0 Å². The molecule has 3 N–H and O–H groups in total.